The van der Waals surface area contributed by atoms with Gasteiger partial charge in [0.05, 0.1) is 16.0 Å². The Morgan fingerprint density at radius 3 is 2.77 bits per heavy atom. The predicted octanol–water partition coefficient (Wildman–Crippen LogP) is 5.85. The van der Waals surface area contributed by atoms with Crippen LogP contribution < -0.4 is 10.6 Å². The largest absolute Gasteiger partial charge is 0.326 e. The van der Waals surface area contributed by atoms with Crippen molar-refractivity contribution in [3.05, 3.63) is 48.0 Å². The topological polar surface area (TPSA) is 71.1 Å². The van der Waals surface area contributed by atoms with Gasteiger partial charge in [0.25, 0.3) is 0 Å². The minimum Gasteiger partial charge on any atom is -0.326 e. The number of benzene rings is 2. The molecule has 1 aliphatic rings. The molecule has 0 saturated heterocycles. The monoisotopic (exact) mass is 439 g/mol. The van der Waals surface area contributed by atoms with Crippen molar-refractivity contribution in [1.82, 2.24) is 4.98 Å². The highest BCUT2D eigenvalue weighted by atomic mass is 32.2. The van der Waals surface area contributed by atoms with E-state index in [0.29, 0.717) is 5.13 Å². The van der Waals surface area contributed by atoms with Crippen LogP contribution >= 0.6 is 23.1 Å². The number of amides is 2. The lowest BCUT2D eigenvalue weighted by Gasteiger charge is -2.20. The summed E-state index contributed by atoms with van der Waals surface area (Å²) < 4.78 is 1.07. The van der Waals surface area contributed by atoms with E-state index < -0.39 is 0 Å². The molecule has 0 aliphatic heterocycles. The molecule has 0 atom stereocenters. The summed E-state index contributed by atoms with van der Waals surface area (Å²) in [5, 5.41) is 6.55. The Bertz CT molecular complexity index is 1060. The molecule has 0 spiro atoms. The van der Waals surface area contributed by atoms with Crippen molar-refractivity contribution >= 4 is 55.9 Å². The van der Waals surface area contributed by atoms with Gasteiger partial charge in [-0.1, -0.05) is 42.7 Å². The number of hydrogen-bond acceptors (Lipinski definition) is 5. The third kappa shape index (κ3) is 5.40. The highest BCUT2D eigenvalue weighted by molar-refractivity contribution is 8.00. The summed E-state index contributed by atoms with van der Waals surface area (Å²) in [7, 11) is 0. The second-order valence-corrected chi connectivity index (χ2v) is 9.76. The quantitative estimate of drug-likeness (QED) is 0.472. The summed E-state index contributed by atoms with van der Waals surface area (Å²) in [6, 6.07) is 13.8. The molecule has 4 rings (SSSR count). The van der Waals surface area contributed by atoms with Gasteiger partial charge in [-0.2, -0.15) is 0 Å². The second-order valence-electron chi connectivity index (χ2n) is 7.68. The van der Waals surface area contributed by atoms with Crippen LogP contribution in [0.15, 0.2) is 47.4 Å². The summed E-state index contributed by atoms with van der Waals surface area (Å²) >= 11 is 2.93. The van der Waals surface area contributed by atoms with Gasteiger partial charge in [-0.3, -0.25) is 9.59 Å². The predicted molar refractivity (Wildman–Crippen MR) is 125 cm³/mol. The first-order valence-electron chi connectivity index (χ1n) is 10.3. The average Bonchev–Trinajstić information content (AvgIpc) is 3.14. The number of nitrogens with zero attached hydrogens (tertiary/aromatic N) is 1. The average molecular weight is 440 g/mol. The van der Waals surface area contributed by atoms with Crippen molar-refractivity contribution < 1.29 is 9.59 Å². The first kappa shape index (κ1) is 20.9. The number of thiazole rings is 1. The van der Waals surface area contributed by atoms with Gasteiger partial charge in [0.15, 0.2) is 5.13 Å². The maximum absolute atomic E-state index is 12.5. The molecule has 3 aromatic rings. The number of fused-ring (bicyclic) bond motifs is 1. The lowest BCUT2D eigenvalue weighted by Crippen LogP contribution is -2.24. The molecule has 1 fully saturated rings. The summed E-state index contributed by atoms with van der Waals surface area (Å²) in [5.41, 5.74) is 2.86. The minimum absolute atomic E-state index is 0.0903. The molecular weight excluding hydrogens is 414 g/mol. The normalized spacial score (nSPS) is 14.6. The van der Waals surface area contributed by atoms with Gasteiger partial charge in [0, 0.05) is 16.5 Å². The Morgan fingerprint density at radius 1 is 1.10 bits per heavy atom. The van der Waals surface area contributed by atoms with Gasteiger partial charge in [0.1, 0.15) is 0 Å². The number of rotatable bonds is 6. The van der Waals surface area contributed by atoms with Crippen molar-refractivity contribution in [2.75, 3.05) is 16.4 Å². The maximum atomic E-state index is 12.5. The maximum Gasteiger partial charge on any atom is 0.236 e. The van der Waals surface area contributed by atoms with E-state index in [4.69, 9.17) is 0 Å². The zero-order valence-corrected chi connectivity index (χ0v) is 18.6. The molecule has 1 heterocycles. The lowest BCUT2D eigenvalue weighted by molar-refractivity contribution is -0.120. The first-order valence-corrected chi connectivity index (χ1v) is 12.1. The number of carbonyl (C=O) groups excluding carboxylic acids is 2. The van der Waals surface area contributed by atoms with Crippen LogP contribution in [0.1, 0.15) is 37.7 Å². The molecular formula is C23H25N3O2S2. The van der Waals surface area contributed by atoms with Gasteiger partial charge in [-0.15, -0.1) is 11.8 Å². The minimum atomic E-state index is -0.0903. The molecule has 0 unspecified atom stereocenters. The fourth-order valence-electron chi connectivity index (χ4n) is 3.66. The first-order chi connectivity index (χ1) is 14.6. The van der Waals surface area contributed by atoms with Crippen molar-refractivity contribution in [1.29, 1.82) is 0 Å². The van der Waals surface area contributed by atoms with Crippen molar-refractivity contribution in [3.8, 4) is 0 Å². The van der Waals surface area contributed by atoms with E-state index in [1.54, 1.807) is 0 Å². The number of nitrogens with one attached hydrogen (secondary N) is 2. The molecule has 1 aromatic heterocycles. The molecule has 1 saturated carbocycles. The van der Waals surface area contributed by atoms with Crippen LogP contribution in [0.4, 0.5) is 10.8 Å². The molecule has 2 aromatic carbocycles. The Morgan fingerprint density at radius 2 is 1.93 bits per heavy atom. The Kier molecular flexibility index (Phi) is 6.69. The third-order valence-corrected chi connectivity index (χ3v) is 7.17. The van der Waals surface area contributed by atoms with Gasteiger partial charge < -0.3 is 10.6 Å². The molecule has 0 radical (unpaired) electrons. The van der Waals surface area contributed by atoms with Gasteiger partial charge in [-0.05, 0) is 55.7 Å². The van der Waals surface area contributed by atoms with E-state index in [0.717, 1.165) is 46.5 Å². The number of aryl methyl sites for hydroxylation is 1. The van der Waals surface area contributed by atoms with E-state index in [-0.39, 0.29) is 23.5 Å². The zero-order valence-electron chi connectivity index (χ0n) is 16.9. The summed E-state index contributed by atoms with van der Waals surface area (Å²) in [4.78, 5) is 30.2. The van der Waals surface area contributed by atoms with E-state index >= 15 is 0 Å². The lowest BCUT2D eigenvalue weighted by atomic mass is 9.88. The van der Waals surface area contributed by atoms with Crippen molar-refractivity contribution in [2.24, 2.45) is 5.92 Å². The number of anilines is 2. The smallest absolute Gasteiger partial charge is 0.236 e. The van der Waals surface area contributed by atoms with E-state index in [9.17, 15) is 9.59 Å². The zero-order chi connectivity index (χ0) is 20.9. The van der Waals surface area contributed by atoms with Crippen molar-refractivity contribution in [3.63, 3.8) is 0 Å². The summed E-state index contributed by atoms with van der Waals surface area (Å²) in [6.07, 6.45) is 5.46. The molecule has 5 nitrogen and oxygen atoms in total. The Labute approximate surface area is 184 Å². The second kappa shape index (κ2) is 9.62. The van der Waals surface area contributed by atoms with Crippen LogP contribution in [0.25, 0.3) is 10.2 Å². The SMILES string of the molecule is Cc1ccc2nc(NC(=O)CSc3cccc(NC(=O)C4CCCCC4)c3)sc2c1. The van der Waals surface area contributed by atoms with E-state index in [1.807, 2.05) is 43.3 Å². The fraction of sp³-hybridized carbons (Fsp3) is 0.348. The van der Waals surface area contributed by atoms with Crippen molar-refractivity contribution in [2.45, 2.75) is 43.9 Å². The molecule has 2 amide bonds. The molecule has 2 N–H and O–H groups in total. The molecule has 30 heavy (non-hydrogen) atoms. The number of carbonyl (C=O) groups is 2. The van der Waals surface area contributed by atoms with Gasteiger partial charge in [0.2, 0.25) is 11.8 Å². The van der Waals surface area contributed by atoms with Crippen LogP contribution in [0, 0.1) is 12.8 Å². The van der Waals surface area contributed by atoms with E-state index in [1.165, 1.54) is 35.1 Å². The van der Waals surface area contributed by atoms with Crippen LogP contribution in [0.3, 0.4) is 0 Å². The summed E-state index contributed by atoms with van der Waals surface area (Å²) in [6.45, 7) is 2.04. The highest BCUT2D eigenvalue weighted by Crippen LogP contribution is 2.28. The highest BCUT2D eigenvalue weighted by Gasteiger charge is 2.21. The van der Waals surface area contributed by atoms with Gasteiger partial charge in [-0.25, -0.2) is 4.98 Å². The number of hydrogen-bond donors (Lipinski definition) is 2. The van der Waals surface area contributed by atoms with Crippen LogP contribution in [0.5, 0.6) is 0 Å². The van der Waals surface area contributed by atoms with Crippen LogP contribution in [0.2, 0.25) is 0 Å². The molecule has 0 bridgehead atoms. The van der Waals surface area contributed by atoms with Gasteiger partial charge >= 0.3 is 0 Å². The Balaban J connectivity index is 1.31. The Hall–Kier alpha value is -2.38. The molecule has 7 heteroatoms. The fourth-order valence-corrected chi connectivity index (χ4v) is 5.40. The van der Waals surface area contributed by atoms with E-state index in [2.05, 4.69) is 21.7 Å². The molecule has 156 valence electrons. The summed E-state index contributed by atoms with van der Waals surface area (Å²) in [5.74, 6) is 0.432. The third-order valence-electron chi connectivity index (χ3n) is 5.24. The standard InChI is InChI=1S/C23H25N3O2S2/c1-15-10-11-19-20(12-15)30-23(25-19)26-21(27)14-29-18-9-5-8-17(13-18)24-22(28)16-6-3-2-4-7-16/h5,8-13,16H,2-4,6-7,14H2,1H3,(H,24,28)(H,25,26,27). The van der Waals surface area contributed by atoms with Crippen LogP contribution in [-0.4, -0.2) is 22.6 Å². The van der Waals surface area contributed by atoms with Crippen LogP contribution in [-0.2, 0) is 9.59 Å². The molecule has 1 aliphatic carbocycles. The number of thioether (sulfide) groups is 1. The number of aromatic nitrogens is 1.